The highest BCUT2D eigenvalue weighted by atomic mass is 16.6. The van der Waals surface area contributed by atoms with Crippen molar-refractivity contribution >= 4 is 28.8 Å². The summed E-state index contributed by atoms with van der Waals surface area (Å²) >= 11 is 0. The molecule has 5 rings (SSSR count). The van der Waals surface area contributed by atoms with E-state index in [2.05, 4.69) is 0 Å². The number of nitro benzene ring substituents is 1. The van der Waals surface area contributed by atoms with Crippen LogP contribution in [0.4, 0.5) is 11.4 Å². The second-order valence-electron chi connectivity index (χ2n) is 8.47. The minimum Gasteiger partial charge on any atom is -0.508 e. The van der Waals surface area contributed by atoms with Gasteiger partial charge in [0, 0.05) is 23.4 Å². The van der Waals surface area contributed by atoms with Crippen molar-refractivity contribution in [3.8, 4) is 17.2 Å². The fraction of sp³-hybridized carbons (Fsp3) is 0.0345. The Hall–Kier alpha value is -5.44. The molecule has 9 nitrogen and oxygen atoms in total. The van der Waals surface area contributed by atoms with Gasteiger partial charge < -0.3 is 14.9 Å². The number of benzene rings is 4. The maximum absolute atomic E-state index is 13.3. The van der Waals surface area contributed by atoms with Crippen molar-refractivity contribution < 1.29 is 29.5 Å². The molecule has 1 aliphatic heterocycles. The van der Waals surface area contributed by atoms with Gasteiger partial charge in [-0.3, -0.25) is 24.6 Å². The molecule has 2 N–H and O–H groups in total. The number of non-ortho nitro benzene ring substituents is 1. The summed E-state index contributed by atoms with van der Waals surface area (Å²) in [5.41, 5.74) is 0.626. The Bertz CT molecular complexity index is 1550. The summed E-state index contributed by atoms with van der Waals surface area (Å²) in [4.78, 5) is 38.2. The van der Waals surface area contributed by atoms with Crippen LogP contribution in [0.2, 0.25) is 0 Å². The highest BCUT2D eigenvalue weighted by Crippen LogP contribution is 2.43. The van der Waals surface area contributed by atoms with Gasteiger partial charge >= 0.3 is 0 Å². The number of nitrogens with zero attached hydrogens (tertiary/aromatic N) is 2. The second kappa shape index (κ2) is 9.90. The fourth-order valence-electron chi connectivity index (χ4n) is 4.27. The molecule has 1 amide bonds. The lowest BCUT2D eigenvalue weighted by Crippen LogP contribution is -2.29. The highest BCUT2D eigenvalue weighted by Gasteiger charge is 2.47. The number of para-hydroxylation sites is 1. The number of phenolic OH excluding ortho intramolecular Hbond substituents is 1. The van der Waals surface area contributed by atoms with E-state index in [0.717, 1.165) is 0 Å². The smallest absolute Gasteiger partial charge is 0.300 e. The SMILES string of the molecule is O=C1C(=O)N(c2ccc(Oc3ccccc3)cc2)C(c2ccc(O)cc2)/C1=C(/O)c1ccc([N+](=O)[O-])cc1. The summed E-state index contributed by atoms with van der Waals surface area (Å²) in [5.74, 6) is -1.10. The quantitative estimate of drug-likeness (QED) is 0.112. The van der Waals surface area contributed by atoms with Crippen LogP contribution >= 0.6 is 0 Å². The molecule has 1 unspecified atom stereocenters. The first-order valence-electron chi connectivity index (χ1n) is 11.5. The van der Waals surface area contributed by atoms with Crippen LogP contribution in [0.5, 0.6) is 17.2 Å². The molecule has 1 heterocycles. The van der Waals surface area contributed by atoms with Crippen molar-refractivity contribution in [2.24, 2.45) is 0 Å². The summed E-state index contributed by atoms with van der Waals surface area (Å²) in [6.07, 6.45) is 0. The van der Waals surface area contributed by atoms with Crippen molar-refractivity contribution in [2.75, 3.05) is 4.90 Å². The number of aliphatic hydroxyl groups is 1. The fourth-order valence-corrected chi connectivity index (χ4v) is 4.27. The van der Waals surface area contributed by atoms with Crippen LogP contribution in [0.1, 0.15) is 17.2 Å². The van der Waals surface area contributed by atoms with Crippen molar-refractivity contribution in [1.82, 2.24) is 0 Å². The first-order valence-corrected chi connectivity index (χ1v) is 11.5. The number of aliphatic hydroxyl groups excluding tert-OH is 1. The second-order valence-corrected chi connectivity index (χ2v) is 8.47. The molecular weight excluding hydrogens is 488 g/mol. The van der Waals surface area contributed by atoms with E-state index in [1.807, 2.05) is 18.2 Å². The van der Waals surface area contributed by atoms with Crippen LogP contribution < -0.4 is 9.64 Å². The number of aromatic hydroxyl groups is 1. The van der Waals surface area contributed by atoms with Gasteiger partial charge in [-0.15, -0.1) is 0 Å². The van der Waals surface area contributed by atoms with Gasteiger partial charge in [0.25, 0.3) is 17.4 Å². The molecule has 1 aliphatic rings. The molecule has 38 heavy (non-hydrogen) atoms. The van der Waals surface area contributed by atoms with E-state index in [4.69, 9.17) is 4.74 Å². The predicted octanol–water partition coefficient (Wildman–Crippen LogP) is 5.72. The standard InChI is InChI=1S/C29H20N2O7/c32-22-14-8-18(9-15-22)26-25(27(33)19-6-10-21(11-7-19)31(36)37)28(34)29(35)30(26)20-12-16-24(17-13-20)38-23-4-2-1-3-5-23/h1-17,26,32-33H/b27-25-. The summed E-state index contributed by atoms with van der Waals surface area (Å²) in [6.45, 7) is 0. The number of carbonyl (C=O) groups is 2. The molecule has 1 atom stereocenters. The van der Waals surface area contributed by atoms with Gasteiger partial charge in [0.15, 0.2) is 0 Å². The van der Waals surface area contributed by atoms with Gasteiger partial charge in [0.2, 0.25) is 0 Å². The van der Waals surface area contributed by atoms with E-state index in [9.17, 15) is 29.9 Å². The Morgan fingerprint density at radius 2 is 1.42 bits per heavy atom. The summed E-state index contributed by atoms with van der Waals surface area (Å²) < 4.78 is 5.82. The lowest BCUT2D eigenvalue weighted by atomic mass is 9.95. The molecule has 9 heteroatoms. The van der Waals surface area contributed by atoms with Crippen LogP contribution in [0.15, 0.2) is 109 Å². The van der Waals surface area contributed by atoms with Gasteiger partial charge in [-0.2, -0.15) is 0 Å². The number of phenols is 1. The number of ether oxygens (including phenoxy) is 1. The van der Waals surface area contributed by atoms with Gasteiger partial charge in [0.1, 0.15) is 23.0 Å². The Kier molecular flexibility index (Phi) is 6.32. The molecule has 0 bridgehead atoms. The highest BCUT2D eigenvalue weighted by molar-refractivity contribution is 6.51. The number of Topliss-reactive ketones (excluding diaryl/α,β-unsaturated/α-hetero) is 1. The zero-order valence-electron chi connectivity index (χ0n) is 19.7. The van der Waals surface area contributed by atoms with Crippen LogP contribution in [0.25, 0.3) is 5.76 Å². The molecule has 4 aromatic carbocycles. The summed E-state index contributed by atoms with van der Waals surface area (Å²) in [7, 11) is 0. The third kappa shape index (κ3) is 4.56. The lowest BCUT2D eigenvalue weighted by Gasteiger charge is -2.25. The van der Waals surface area contributed by atoms with E-state index < -0.39 is 28.4 Å². The molecular formula is C29H20N2O7. The minimum absolute atomic E-state index is 0.0107. The number of carbonyl (C=O) groups excluding carboxylic acids is 2. The first kappa shape index (κ1) is 24.3. The maximum atomic E-state index is 13.3. The molecule has 0 saturated carbocycles. The topological polar surface area (TPSA) is 130 Å². The number of hydrogen-bond donors (Lipinski definition) is 2. The predicted molar refractivity (Wildman–Crippen MR) is 139 cm³/mol. The minimum atomic E-state index is -1.02. The molecule has 1 saturated heterocycles. The Morgan fingerprint density at radius 1 is 0.816 bits per heavy atom. The maximum Gasteiger partial charge on any atom is 0.300 e. The Balaban J connectivity index is 1.58. The summed E-state index contributed by atoms with van der Waals surface area (Å²) in [6, 6.07) is 25.7. The van der Waals surface area contributed by atoms with Gasteiger partial charge in [0.05, 0.1) is 16.5 Å². The van der Waals surface area contributed by atoms with E-state index in [0.29, 0.717) is 22.7 Å². The largest absolute Gasteiger partial charge is 0.508 e. The molecule has 0 aromatic heterocycles. The van der Waals surface area contributed by atoms with E-state index >= 15 is 0 Å². The van der Waals surface area contributed by atoms with Crippen LogP contribution in [0, 0.1) is 10.1 Å². The van der Waals surface area contributed by atoms with Crippen molar-refractivity contribution in [3.63, 3.8) is 0 Å². The summed E-state index contributed by atoms with van der Waals surface area (Å²) in [5, 5.41) is 31.9. The zero-order valence-corrected chi connectivity index (χ0v) is 19.7. The van der Waals surface area contributed by atoms with E-state index in [1.165, 1.54) is 41.3 Å². The number of hydrogen-bond acceptors (Lipinski definition) is 7. The average molecular weight is 508 g/mol. The third-order valence-corrected chi connectivity index (χ3v) is 6.10. The number of rotatable bonds is 6. The van der Waals surface area contributed by atoms with Crippen molar-refractivity contribution in [3.05, 3.63) is 130 Å². The van der Waals surface area contributed by atoms with Crippen LogP contribution in [-0.4, -0.2) is 26.8 Å². The normalized spacial score (nSPS) is 16.4. The lowest BCUT2D eigenvalue weighted by molar-refractivity contribution is -0.384. The van der Waals surface area contributed by atoms with Crippen molar-refractivity contribution in [1.29, 1.82) is 0 Å². The first-order chi connectivity index (χ1) is 18.3. The molecule has 188 valence electrons. The Morgan fingerprint density at radius 3 is 2.03 bits per heavy atom. The number of amides is 1. The van der Waals surface area contributed by atoms with Gasteiger partial charge in [-0.05, 0) is 66.2 Å². The van der Waals surface area contributed by atoms with Crippen LogP contribution in [0.3, 0.4) is 0 Å². The van der Waals surface area contributed by atoms with Crippen LogP contribution in [-0.2, 0) is 9.59 Å². The van der Waals surface area contributed by atoms with Gasteiger partial charge in [-0.25, -0.2) is 0 Å². The van der Waals surface area contributed by atoms with E-state index in [-0.39, 0.29) is 22.6 Å². The van der Waals surface area contributed by atoms with Gasteiger partial charge in [-0.1, -0.05) is 30.3 Å². The average Bonchev–Trinajstić information content (AvgIpc) is 3.20. The molecule has 0 spiro atoms. The molecule has 1 fully saturated rings. The number of ketones is 1. The number of anilines is 1. The van der Waals surface area contributed by atoms with E-state index in [1.54, 1.807) is 48.5 Å². The number of nitro groups is 1. The van der Waals surface area contributed by atoms with Crippen molar-refractivity contribution in [2.45, 2.75) is 6.04 Å². The zero-order chi connectivity index (χ0) is 26.8. The molecule has 4 aromatic rings. The third-order valence-electron chi connectivity index (χ3n) is 6.10. The molecule has 0 aliphatic carbocycles. The monoisotopic (exact) mass is 508 g/mol. The Labute approximate surface area is 216 Å². The molecule has 0 radical (unpaired) electrons.